The summed E-state index contributed by atoms with van der Waals surface area (Å²) < 4.78 is 5.48. The molecule has 0 aliphatic carbocycles. The SMILES string of the molecule is CCOc1cc(C)ccc1NC(=O)C(=O)NCc1ccccc1. The summed E-state index contributed by atoms with van der Waals surface area (Å²) in [6.45, 7) is 4.58. The lowest BCUT2D eigenvalue weighted by atomic mass is 10.2. The lowest BCUT2D eigenvalue weighted by molar-refractivity contribution is -0.136. The van der Waals surface area contributed by atoms with Crippen LogP contribution in [0.4, 0.5) is 5.69 Å². The Balaban J connectivity index is 1.97. The van der Waals surface area contributed by atoms with E-state index in [1.54, 1.807) is 6.07 Å². The molecular weight excluding hydrogens is 292 g/mol. The molecule has 2 aromatic carbocycles. The Hall–Kier alpha value is -2.82. The number of anilines is 1. The van der Waals surface area contributed by atoms with Crippen LogP contribution in [0.1, 0.15) is 18.1 Å². The van der Waals surface area contributed by atoms with Crippen LogP contribution in [-0.2, 0) is 16.1 Å². The second-order valence-electron chi connectivity index (χ2n) is 5.06. The van der Waals surface area contributed by atoms with Gasteiger partial charge in [-0.25, -0.2) is 0 Å². The smallest absolute Gasteiger partial charge is 0.313 e. The minimum atomic E-state index is -0.717. The minimum Gasteiger partial charge on any atom is -0.492 e. The summed E-state index contributed by atoms with van der Waals surface area (Å²) in [6, 6.07) is 14.8. The molecule has 0 saturated heterocycles. The fraction of sp³-hybridized carbons (Fsp3) is 0.222. The summed E-state index contributed by atoms with van der Waals surface area (Å²) in [6.07, 6.45) is 0. The second-order valence-corrected chi connectivity index (χ2v) is 5.06. The molecule has 23 heavy (non-hydrogen) atoms. The van der Waals surface area contributed by atoms with Gasteiger partial charge in [0.2, 0.25) is 0 Å². The Bertz CT molecular complexity index is 684. The molecule has 0 unspecified atom stereocenters. The summed E-state index contributed by atoms with van der Waals surface area (Å²) in [7, 11) is 0. The van der Waals surface area contributed by atoms with Crippen molar-refractivity contribution in [1.29, 1.82) is 0 Å². The highest BCUT2D eigenvalue weighted by molar-refractivity contribution is 6.39. The van der Waals surface area contributed by atoms with Crippen LogP contribution in [0.2, 0.25) is 0 Å². The van der Waals surface area contributed by atoms with E-state index in [9.17, 15) is 9.59 Å². The molecule has 2 rings (SSSR count). The van der Waals surface area contributed by atoms with Crippen LogP contribution in [0.15, 0.2) is 48.5 Å². The minimum absolute atomic E-state index is 0.305. The van der Waals surface area contributed by atoms with E-state index in [-0.39, 0.29) is 0 Å². The summed E-state index contributed by atoms with van der Waals surface area (Å²) in [5.41, 5.74) is 2.43. The van der Waals surface area contributed by atoms with Gasteiger partial charge in [-0.2, -0.15) is 0 Å². The van der Waals surface area contributed by atoms with Crippen LogP contribution in [0.25, 0.3) is 0 Å². The van der Waals surface area contributed by atoms with E-state index < -0.39 is 11.8 Å². The van der Waals surface area contributed by atoms with Crippen LogP contribution in [0.3, 0.4) is 0 Å². The Morgan fingerprint density at radius 3 is 2.48 bits per heavy atom. The average molecular weight is 312 g/mol. The molecule has 5 nitrogen and oxygen atoms in total. The molecule has 0 atom stereocenters. The quantitative estimate of drug-likeness (QED) is 0.834. The van der Waals surface area contributed by atoms with Gasteiger partial charge in [0.05, 0.1) is 12.3 Å². The van der Waals surface area contributed by atoms with Crippen molar-refractivity contribution in [2.24, 2.45) is 0 Å². The molecule has 0 aliphatic rings. The number of hydrogen-bond acceptors (Lipinski definition) is 3. The van der Waals surface area contributed by atoms with E-state index in [2.05, 4.69) is 10.6 Å². The third-order valence-corrected chi connectivity index (χ3v) is 3.19. The predicted octanol–water partition coefficient (Wildman–Crippen LogP) is 2.65. The Kier molecular flexibility index (Phi) is 5.74. The summed E-state index contributed by atoms with van der Waals surface area (Å²) in [4.78, 5) is 23.9. The highest BCUT2D eigenvalue weighted by Gasteiger charge is 2.15. The van der Waals surface area contributed by atoms with Gasteiger partial charge < -0.3 is 15.4 Å². The lowest BCUT2D eigenvalue weighted by Crippen LogP contribution is -2.35. The summed E-state index contributed by atoms with van der Waals surface area (Å²) >= 11 is 0. The monoisotopic (exact) mass is 312 g/mol. The highest BCUT2D eigenvalue weighted by atomic mass is 16.5. The molecule has 2 aromatic rings. The summed E-state index contributed by atoms with van der Waals surface area (Å²) in [5.74, 6) is -0.848. The number of rotatable bonds is 5. The van der Waals surface area contributed by atoms with Crippen molar-refractivity contribution < 1.29 is 14.3 Å². The maximum atomic E-state index is 12.0. The van der Waals surface area contributed by atoms with E-state index in [0.29, 0.717) is 24.6 Å². The van der Waals surface area contributed by atoms with E-state index >= 15 is 0 Å². The van der Waals surface area contributed by atoms with Gasteiger partial charge >= 0.3 is 11.8 Å². The van der Waals surface area contributed by atoms with Crippen LogP contribution >= 0.6 is 0 Å². The predicted molar refractivity (Wildman–Crippen MR) is 89.3 cm³/mol. The van der Waals surface area contributed by atoms with Gasteiger partial charge in [-0.1, -0.05) is 36.4 Å². The van der Waals surface area contributed by atoms with Crippen molar-refractivity contribution in [1.82, 2.24) is 5.32 Å². The Morgan fingerprint density at radius 2 is 1.78 bits per heavy atom. The molecular formula is C18H20N2O3. The first-order valence-corrected chi connectivity index (χ1v) is 7.46. The number of nitrogens with one attached hydrogen (secondary N) is 2. The molecule has 0 aromatic heterocycles. The largest absolute Gasteiger partial charge is 0.492 e. The third kappa shape index (κ3) is 4.85. The van der Waals surface area contributed by atoms with Crippen LogP contribution in [0, 0.1) is 6.92 Å². The molecule has 0 heterocycles. The molecule has 5 heteroatoms. The first kappa shape index (κ1) is 16.5. The summed E-state index contributed by atoms with van der Waals surface area (Å²) in [5, 5.41) is 5.17. The van der Waals surface area contributed by atoms with Gasteiger partial charge in [-0.3, -0.25) is 9.59 Å². The first-order valence-electron chi connectivity index (χ1n) is 7.46. The number of carbonyl (C=O) groups excluding carboxylic acids is 2. The second kappa shape index (κ2) is 7.98. The normalized spacial score (nSPS) is 10.0. The maximum Gasteiger partial charge on any atom is 0.313 e. The molecule has 120 valence electrons. The fourth-order valence-electron chi connectivity index (χ4n) is 2.05. The maximum absolute atomic E-state index is 12.0. The van der Waals surface area contributed by atoms with Gasteiger partial charge in [0.15, 0.2) is 0 Å². The molecule has 0 radical (unpaired) electrons. The number of ether oxygens (including phenoxy) is 1. The first-order chi connectivity index (χ1) is 11.1. The van der Waals surface area contributed by atoms with Gasteiger partial charge in [-0.15, -0.1) is 0 Å². The van der Waals surface area contributed by atoms with Crippen molar-refractivity contribution in [3.8, 4) is 5.75 Å². The number of carbonyl (C=O) groups is 2. The van der Waals surface area contributed by atoms with Gasteiger partial charge in [-0.05, 0) is 37.1 Å². The van der Waals surface area contributed by atoms with Crippen molar-refractivity contribution in [2.45, 2.75) is 20.4 Å². The number of benzene rings is 2. The van der Waals surface area contributed by atoms with Gasteiger partial charge in [0.1, 0.15) is 5.75 Å². The third-order valence-electron chi connectivity index (χ3n) is 3.19. The topological polar surface area (TPSA) is 67.4 Å². The van der Waals surface area contributed by atoms with Crippen molar-refractivity contribution >= 4 is 17.5 Å². The Morgan fingerprint density at radius 1 is 1.04 bits per heavy atom. The molecule has 2 amide bonds. The van der Waals surface area contributed by atoms with Crippen molar-refractivity contribution in [3.05, 3.63) is 59.7 Å². The van der Waals surface area contributed by atoms with Crippen molar-refractivity contribution in [2.75, 3.05) is 11.9 Å². The Labute approximate surface area is 135 Å². The van der Waals surface area contributed by atoms with E-state index in [4.69, 9.17) is 4.74 Å². The van der Waals surface area contributed by atoms with Crippen LogP contribution in [0.5, 0.6) is 5.75 Å². The van der Waals surface area contributed by atoms with E-state index in [1.807, 2.05) is 56.3 Å². The number of aryl methyl sites for hydroxylation is 1. The zero-order valence-electron chi connectivity index (χ0n) is 13.3. The number of hydrogen-bond donors (Lipinski definition) is 2. The van der Waals surface area contributed by atoms with E-state index in [0.717, 1.165) is 11.1 Å². The number of amides is 2. The van der Waals surface area contributed by atoms with Gasteiger partial charge in [0, 0.05) is 6.54 Å². The molecule has 2 N–H and O–H groups in total. The average Bonchev–Trinajstić information content (AvgIpc) is 2.56. The molecule has 0 saturated carbocycles. The molecule has 0 bridgehead atoms. The molecule has 0 aliphatic heterocycles. The molecule has 0 fully saturated rings. The van der Waals surface area contributed by atoms with Crippen LogP contribution in [-0.4, -0.2) is 18.4 Å². The van der Waals surface area contributed by atoms with Gasteiger partial charge in [0.25, 0.3) is 0 Å². The lowest BCUT2D eigenvalue weighted by Gasteiger charge is -2.12. The van der Waals surface area contributed by atoms with Crippen molar-refractivity contribution in [3.63, 3.8) is 0 Å². The zero-order valence-corrected chi connectivity index (χ0v) is 13.3. The fourth-order valence-corrected chi connectivity index (χ4v) is 2.05. The van der Waals surface area contributed by atoms with Crippen LogP contribution < -0.4 is 15.4 Å². The van der Waals surface area contributed by atoms with E-state index in [1.165, 1.54) is 0 Å². The standard InChI is InChI=1S/C18H20N2O3/c1-3-23-16-11-13(2)9-10-15(16)20-18(22)17(21)19-12-14-7-5-4-6-8-14/h4-11H,3,12H2,1-2H3,(H,19,21)(H,20,22). The molecule has 0 spiro atoms. The zero-order chi connectivity index (χ0) is 16.7. The highest BCUT2D eigenvalue weighted by Crippen LogP contribution is 2.25.